The Morgan fingerprint density at radius 1 is 0.783 bits per heavy atom. The normalized spacial score (nSPS) is 12.1. The first-order valence-electron chi connectivity index (χ1n) is 18.3. The highest BCUT2D eigenvalue weighted by Gasteiger charge is 2.15. The maximum atomic E-state index is 12.8. The summed E-state index contributed by atoms with van der Waals surface area (Å²) < 4.78 is 9.88. The van der Waals surface area contributed by atoms with Crippen molar-refractivity contribution in [2.75, 3.05) is 6.54 Å². The van der Waals surface area contributed by atoms with Crippen molar-refractivity contribution >= 4 is 23.0 Å². The van der Waals surface area contributed by atoms with E-state index in [1.165, 1.54) is 86.7 Å². The molecular weight excluding hydrogens is 582 g/mol. The summed E-state index contributed by atoms with van der Waals surface area (Å²) >= 11 is 0. The standard InChI is InChI=1S/C36H63N5O5/c1-5-6-7-8-9-10-11-12-13-14-17-20-23-26-32(43)37-28-31(46-30(2)42)25-22-19-16-15-18-21-24-27-41-35(44)33-34(38-29-39(33)3)40(4)36(41)45/h29,31H,5-28H2,1-4H3,(H,37,43). The predicted molar refractivity (Wildman–Crippen MR) is 186 cm³/mol. The zero-order valence-corrected chi connectivity index (χ0v) is 29.5. The number of hydrogen-bond donors (Lipinski definition) is 1. The zero-order chi connectivity index (χ0) is 33.6. The smallest absolute Gasteiger partial charge is 0.332 e. The Labute approximate surface area is 276 Å². The first-order valence-corrected chi connectivity index (χ1v) is 18.3. The number of rotatable bonds is 27. The second-order valence-electron chi connectivity index (χ2n) is 13.1. The van der Waals surface area contributed by atoms with Crippen molar-refractivity contribution in [1.82, 2.24) is 24.0 Å². The van der Waals surface area contributed by atoms with Gasteiger partial charge in [-0.2, -0.15) is 0 Å². The number of carbonyl (C=O) groups excluding carboxylic acids is 2. The maximum Gasteiger partial charge on any atom is 0.332 e. The van der Waals surface area contributed by atoms with Crippen LogP contribution in [0, 0.1) is 0 Å². The van der Waals surface area contributed by atoms with Crippen LogP contribution >= 0.6 is 0 Å². The summed E-state index contributed by atoms with van der Waals surface area (Å²) in [6.07, 6.45) is 26.1. The molecule has 2 aromatic rings. The molecular formula is C36H63N5O5. The molecule has 10 nitrogen and oxygen atoms in total. The van der Waals surface area contributed by atoms with Crippen molar-refractivity contribution in [2.24, 2.45) is 14.1 Å². The van der Waals surface area contributed by atoms with Gasteiger partial charge in [-0.05, 0) is 25.7 Å². The lowest BCUT2D eigenvalue weighted by Gasteiger charge is -2.17. The van der Waals surface area contributed by atoms with Gasteiger partial charge in [0.2, 0.25) is 5.91 Å². The molecule has 0 radical (unpaired) electrons. The zero-order valence-electron chi connectivity index (χ0n) is 29.5. The van der Waals surface area contributed by atoms with E-state index in [9.17, 15) is 19.2 Å². The fraction of sp³-hybridized carbons (Fsp3) is 0.806. The summed E-state index contributed by atoms with van der Waals surface area (Å²) in [5, 5.41) is 2.97. The third kappa shape index (κ3) is 15.1. The molecule has 1 atom stereocenters. The number of nitrogens with one attached hydrogen (secondary N) is 1. The Morgan fingerprint density at radius 3 is 1.87 bits per heavy atom. The second-order valence-corrected chi connectivity index (χ2v) is 13.1. The lowest BCUT2D eigenvalue weighted by atomic mass is 10.0. The second kappa shape index (κ2) is 23.4. The minimum absolute atomic E-state index is 0.0422. The fourth-order valence-corrected chi connectivity index (χ4v) is 6.18. The molecule has 0 aliphatic rings. The SMILES string of the molecule is CCCCCCCCCCCCCCCC(=O)NCC(CCCCCCCCCn1c(=O)c2c(ncn2C)n(C)c1=O)OC(C)=O. The van der Waals surface area contributed by atoms with Crippen LogP contribution in [0.15, 0.2) is 15.9 Å². The van der Waals surface area contributed by atoms with Gasteiger partial charge in [-0.1, -0.05) is 116 Å². The summed E-state index contributed by atoms with van der Waals surface area (Å²) in [6.45, 7) is 4.46. The van der Waals surface area contributed by atoms with E-state index in [4.69, 9.17) is 4.74 Å². The van der Waals surface area contributed by atoms with Gasteiger partial charge in [-0.15, -0.1) is 0 Å². The van der Waals surface area contributed by atoms with Gasteiger partial charge in [0.1, 0.15) is 6.10 Å². The molecule has 1 N–H and O–H groups in total. The highest BCUT2D eigenvalue weighted by molar-refractivity contribution is 5.75. The highest BCUT2D eigenvalue weighted by atomic mass is 16.5. The summed E-state index contributed by atoms with van der Waals surface area (Å²) in [7, 11) is 3.41. The Bertz CT molecular complexity index is 1260. The van der Waals surface area contributed by atoms with Gasteiger partial charge in [0, 0.05) is 34.0 Å². The molecule has 2 heterocycles. The van der Waals surface area contributed by atoms with E-state index in [1.54, 1.807) is 25.0 Å². The summed E-state index contributed by atoms with van der Waals surface area (Å²) in [4.78, 5) is 53.5. The average molecular weight is 646 g/mol. The van der Waals surface area contributed by atoms with Crippen molar-refractivity contribution in [3.8, 4) is 0 Å². The number of hydrogen-bond acceptors (Lipinski definition) is 6. The molecule has 0 saturated carbocycles. The molecule has 262 valence electrons. The van der Waals surface area contributed by atoms with Crippen molar-refractivity contribution in [3.63, 3.8) is 0 Å². The number of aryl methyl sites for hydroxylation is 2. The largest absolute Gasteiger partial charge is 0.461 e. The van der Waals surface area contributed by atoms with Crippen LogP contribution in [0.2, 0.25) is 0 Å². The van der Waals surface area contributed by atoms with E-state index in [-0.39, 0.29) is 29.2 Å². The Morgan fingerprint density at radius 2 is 1.30 bits per heavy atom. The lowest BCUT2D eigenvalue weighted by Crippen LogP contribution is -2.39. The van der Waals surface area contributed by atoms with Gasteiger partial charge in [-0.25, -0.2) is 9.78 Å². The minimum atomic E-state index is -0.325. The number of nitrogens with zero attached hydrogens (tertiary/aromatic N) is 4. The van der Waals surface area contributed by atoms with Crippen LogP contribution in [-0.4, -0.2) is 43.2 Å². The third-order valence-corrected chi connectivity index (χ3v) is 8.98. The molecule has 0 aliphatic carbocycles. The molecule has 10 heteroatoms. The molecule has 0 bridgehead atoms. The molecule has 0 aromatic carbocycles. The first-order chi connectivity index (χ1) is 22.3. The van der Waals surface area contributed by atoms with Crippen LogP contribution in [0.3, 0.4) is 0 Å². The third-order valence-electron chi connectivity index (χ3n) is 8.98. The van der Waals surface area contributed by atoms with Gasteiger partial charge in [0.25, 0.3) is 5.56 Å². The highest BCUT2D eigenvalue weighted by Crippen LogP contribution is 2.14. The number of aromatic nitrogens is 4. The van der Waals surface area contributed by atoms with Gasteiger partial charge in [-0.3, -0.25) is 23.5 Å². The van der Waals surface area contributed by atoms with Crippen LogP contribution in [0.4, 0.5) is 0 Å². The van der Waals surface area contributed by atoms with E-state index in [1.807, 2.05) is 0 Å². The monoisotopic (exact) mass is 645 g/mol. The van der Waals surface area contributed by atoms with E-state index >= 15 is 0 Å². The first kappa shape index (κ1) is 39.3. The summed E-state index contributed by atoms with van der Waals surface area (Å²) in [6, 6.07) is 0. The van der Waals surface area contributed by atoms with Crippen molar-refractivity contribution in [3.05, 3.63) is 27.2 Å². The van der Waals surface area contributed by atoms with E-state index in [2.05, 4.69) is 17.2 Å². The van der Waals surface area contributed by atoms with E-state index < -0.39 is 0 Å². The molecule has 46 heavy (non-hydrogen) atoms. The molecule has 2 rings (SSSR count). The van der Waals surface area contributed by atoms with Crippen LogP contribution in [0.5, 0.6) is 0 Å². The van der Waals surface area contributed by atoms with Gasteiger partial charge < -0.3 is 14.6 Å². The summed E-state index contributed by atoms with van der Waals surface area (Å²) in [5.41, 5.74) is 0.256. The molecule has 0 spiro atoms. The molecule has 2 aromatic heterocycles. The number of ether oxygens (including phenoxy) is 1. The molecule has 0 saturated heterocycles. The maximum absolute atomic E-state index is 12.8. The predicted octanol–water partition coefficient (Wildman–Crippen LogP) is 7.08. The van der Waals surface area contributed by atoms with Crippen molar-refractivity contribution in [2.45, 2.75) is 168 Å². The quantitative estimate of drug-likeness (QED) is 0.0820. The van der Waals surface area contributed by atoms with Crippen LogP contribution < -0.4 is 16.6 Å². The van der Waals surface area contributed by atoms with Crippen LogP contribution in [0.1, 0.15) is 155 Å². The van der Waals surface area contributed by atoms with E-state index in [0.29, 0.717) is 30.7 Å². The van der Waals surface area contributed by atoms with Crippen molar-refractivity contribution in [1.29, 1.82) is 0 Å². The minimum Gasteiger partial charge on any atom is -0.461 e. The molecule has 1 amide bonds. The number of amides is 1. The number of carbonyl (C=O) groups is 2. The van der Waals surface area contributed by atoms with Gasteiger partial charge in [0.15, 0.2) is 11.2 Å². The van der Waals surface area contributed by atoms with Crippen LogP contribution in [0.25, 0.3) is 11.2 Å². The van der Waals surface area contributed by atoms with Gasteiger partial charge in [0.05, 0.1) is 12.9 Å². The average Bonchev–Trinajstić information content (AvgIpc) is 3.42. The number of unbranched alkanes of at least 4 members (excludes halogenated alkanes) is 18. The molecule has 0 aliphatic heterocycles. The lowest BCUT2D eigenvalue weighted by molar-refractivity contribution is -0.147. The van der Waals surface area contributed by atoms with E-state index in [0.717, 1.165) is 64.2 Å². The number of fused-ring (bicyclic) bond motifs is 1. The fourth-order valence-electron chi connectivity index (χ4n) is 6.18. The topological polar surface area (TPSA) is 117 Å². The molecule has 0 fully saturated rings. The Kier molecular flexibility index (Phi) is 20.0. The number of esters is 1. The van der Waals surface area contributed by atoms with Crippen LogP contribution in [-0.2, 0) is 35.0 Å². The Balaban J connectivity index is 1.50. The summed E-state index contributed by atoms with van der Waals surface area (Å²) in [5.74, 6) is -0.271. The van der Waals surface area contributed by atoms with Gasteiger partial charge >= 0.3 is 11.7 Å². The Hall–Kier alpha value is -2.91. The molecule has 1 unspecified atom stereocenters. The number of imidazole rings is 1. The van der Waals surface area contributed by atoms with Crippen molar-refractivity contribution < 1.29 is 14.3 Å².